The first-order valence-electron chi connectivity index (χ1n) is 4.32. The number of rotatable bonds is 1. The van der Waals surface area contributed by atoms with E-state index in [1.165, 1.54) is 6.20 Å². The zero-order valence-electron chi connectivity index (χ0n) is 7.98. The summed E-state index contributed by atoms with van der Waals surface area (Å²) in [5.41, 5.74) is 7.01. The van der Waals surface area contributed by atoms with Crippen molar-refractivity contribution in [3.8, 4) is 11.8 Å². The summed E-state index contributed by atoms with van der Waals surface area (Å²) in [5, 5.41) is 12.9. The summed E-state index contributed by atoms with van der Waals surface area (Å²) in [7, 11) is 0. The predicted molar refractivity (Wildman–Crippen MR) is 73.1 cm³/mol. The molecule has 6 heteroatoms. The second kappa shape index (κ2) is 4.43. The Labute approximate surface area is 114 Å². The molecule has 80 valence electrons. The molecule has 0 saturated heterocycles. The van der Waals surface area contributed by atoms with Crippen molar-refractivity contribution >= 4 is 44.3 Å². The molecule has 2 rings (SSSR count). The second-order valence-electron chi connectivity index (χ2n) is 3.06. The summed E-state index contributed by atoms with van der Waals surface area (Å²) in [6.07, 6.45) is 1.46. The van der Waals surface area contributed by atoms with Crippen molar-refractivity contribution in [2.45, 2.75) is 0 Å². The molecule has 4 nitrogen and oxygen atoms in total. The fraction of sp³-hybridized carbons (Fsp3) is 0. The molecule has 0 radical (unpaired) electrons. The molecule has 16 heavy (non-hydrogen) atoms. The molecule has 0 amide bonds. The van der Waals surface area contributed by atoms with Crippen LogP contribution in [0.3, 0.4) is 0 Å². The number of anilines is 1. The summed E-state index contributed by atoms with van der Waals surface area (Å²) in [4.78, 5) is 0. The molecule has 0 aliphatic heterocycles. The first kappa shape index (κ1) is 11.4. The number of halogens is 2. The van der Waals surface area contributed by atoms with Gasteiger partial charge in [0.05, 0.1) is 11.9 Å². The molecule has 0 spiro atoms. The number of aromatic nitrogens is 2. The van der Waals surface area contributed by atoms with Gasteiger partial charge in [-0.25, -0.2) is 4.68 Å². The van der Waals surface area contributed by atoms with Crippen LogP contribution in [0.25, 0.3) is 5.69 Å². The lowest BCUT2D eigenvalue weighted by Gasteiger charge is -2.06. The number of nitrogens with two attached hydrogens (primary N) is 1. The third-order valence-corrected chi connectivity index (χ3v) is 3.37. The third-order valence-electron chi connectivity index (χ3n) is 2.06. The van der Waals surface area contributed by atoms with Gasteiger partial charge >= 0.3 is 0 Å². The van der Waals surface area contributed by atoms with E-state index >= 15 is 0 Å². The molecule has 0 fully saturated rings. The summed E-state index contributed by atoms with van der Waals surface area (Å²) in [5.74, 6) is 0.351. The van der Waals surface area contributed by atoms with Gasteiger partial charge in [0, 0.05) is 8.04 Å². The highest BCUT2D eigenvalue weighted by Crippen LogP contribution is 2.25. The topological polar surface area (TPSA) is 67.6 Å². The van der Waals surface area contributed by atoms with Gasteiger partial charge in [-0.1, -0.05) is 0 Å². The Balaban J connectivity index is 2.60. The van der Waals surface area contributed by atoms with Crippen LogP contribution in [0.2, 0.25) is 0 Å². The molecule has 0 unspecified atom stereocenters. The Morgan fingerprint density at radius 2 is 2.25 bits per heavy atom. The van der Waals surface area contributed by atoms with Crippen molar-refractivity contribution in [1.29, 1.82) is 5.26 Å². The fourth-order valence-electron chi connectivity index (χ4n) is 1.29. The number of hydrogen-bond acceptors (Lipinski definition) is 3. The minimum Gasteiger partial charge on any atom is -0.382 e. The van der Waals surface area contributed by atoms with Gasteiger partial charge in [0.25, 0.3) is 0 Å². The monoisotopic (exact) mass is 388 g/mol. The van der Waals surface area contributed by atoms with Crippen LogP contribution in [0.1, 0.15) is 5.56 Å². The van der Waals surface area contributed by atoms with E-state index in [4.69, 9.17) is 11.0 Å². The highest BCUT2D eigenvalue weighted by Gasteiger charge is 2.10. The van der Waals surface area contributed by atoms with Crippen molar-refractivity contribution < 1.29 is 0 Å². The van der Waals surface area contributed by atoms with Crippen molar-refractivity contribution in [2.75, 3.05) is 5.73 Å². The lowest BCUT2D eigenvalue weighted by Crippen LogP contribution is -2.03. The maximum Gasteiger partial charge on any atom is 0.145 e. The van der Waals surface area contributed by atoms with Crippen LogP contribution in [0, 0.1) is 14.9 Å². The van der Waals surface area contributed by atoms with Gasteiger partial charge in [-0.2, -0.15) is 10.4 Å². The smallest absolute Gasteiger partial charge is 0.145 e. The van der Waals surface area contributed by atoms with E-state index in [1.54, 1.807) is 4.68 Å². The van der Waals surface area contributed by atoms with E-state index in [0.29, 0.717) is 11.4 Å². The molecule has 2 N–H and O–H groups in total. The van der Waals surface area contributed by atoms with E-state index in [-0.39, 0.29) is 0 Å². The largest absolute Gasteiger partial charge is 0.382 e. The molecule has 0 atom stereocenters. The summed E-state index contributed by atoms with van der Waals surface area (Å²) >= 11 is 5.66. The first-order chi connectivity index (χ1) is 7.63. The van der Waals surface area contributed by atoms with E-state index < -0.39 is 0 Å². The average Bonchev–Trinajstić information content (AvgIpc) is 2.60. The third kappa shape index (κ3) is 1.92. The van der Waals surface area contributed by atoms with Crippen LogP contribution in [-0.4, -0.2) is 9.78 Å². The van der Waals surface area contributed by atoms with Gasteiger partial charge in [0.1, 0.15) is 17.5 Å². The van der Waals surface area contributed by atoms with Gasteiger partial charge in [-0.3, -0.25) is 0 Å². The van der Waals surface area contributed by atoms with E-state index in [9.17, 15) is 0 Å². The predicted octanol–water partition coefficient (Wildman–Crippen LogP) is 2.69. The molecule has 0 saturated carbocycles. The summed E-state index contributed by atoms with van der Waals surface area (Å²) in [6, 6.07) is 7.80. The number of nitrogen functional groups attached to an aromatic ring is 1. The molecule has 0 aliphatic rings. The summed E-state index contributed by atoms with van der Waals surface area (Å²) < 4.78 is 3.54. The van der Waals surface area contributed by atoms with Crippen molar-refractivity contribution in [3.63, 3.8) is 0 Å². The van der Waals surface area contributed by atoms with Crippen LogP contribution in [0.15, 0.2) is 28.9 Å². The van der Waals surface area contributed by atoms with E-state index in [2.05, 4.69) is 43.6 Å². The Bertz CT molecular complexity index is 585. The Morgan fingerprint density at radius 3 is 2.81 bits per heavy atom. The maximum atomic E-state index is 8.80. The lowest BCUT2D eigenvalue weighted by molar-refractivity contribution is 0.886. The zero-order chi connectivity index (χ0) is 11.7. The molecule has 0 bridgehead atoms. The van der Waals surface area contributed by atoms with Crippen LogP contribution in [-0.2, 0) is 0 Å². The minimum atomic E-state index is 0.351. The zero-order valence-corrected chi connectivity index (χ0v) is 11.7. The van der Waals surface area contributed by atoms with Crippen LogP contribution in [0.4, 0.5) is 5.82 Å². The van der Waals surface area contributed by atoms with Crippen molar-refractivity contribution in [1.82, 2.24) is 9.78 Å². The minimum absolute atomic E-state index is 0.351. The number of hydrogen-bond donors (Lipinski definition) is 1. The molecule has 1 aromatic carbocycles. The van der Waals surface area contributed by atoms with Gasteiger partial charge < -0.3 is 5.73 Å². The molecule has 0 aliphatic carbocycles. The lowest BCUT2D eigenvalue weighted by atomic mass is 10.3. The molecule has 1 aromatic heterocycles. The standard InChI is InChI=1S/C10H6BrIN4/c11-8-3-7(12)1-2-9(8)16-10(14)6(4-13)5-15-16/h1-3,5H,14H2. The second-order valence-corrected chi connectivity index (χ2v) is 5.16. The normalized spacial score (nSPS) is 10.1. The number of benzene rings is 1. The van der Waals surface area contributed by atoms with Crippen molar-refractivity contribution in [3.05, 3.63) is 38.0 Å². The first-order valence-corrected chi connectivity index (χ1v) is 6.19. The Hall–Kier alpha value is -1.07. The van der Waals surface area contributed by atoms with Crippen LogP contribution < -0.4 is 5.73 Å². The number of nitriles is 1. The molecular weight excluding hydrogens is 383 g/mol. The van der Waals surface area contributed by atoms with Crippen molar-refractivity contribution in [2.24, 2.45) is 0 Å². The molecular formula is C10H6BrIN4. The van der Waals surface area contributed by atoms with E-state index in [0.717, 1.165) is 13.7 Å². The van der Waals surface area contributed by atoms with Crippen LogP contribution in [0.5, 0.6) is 0 Å². The summed E-state index contributed by atoms with van der Waals surface area (Å²) in [6.45, 7) is 0. The molecule has 2 aromatic rings. The van der Waals surface area contributed by atoms with Gasteiger partial charge in [0.15, 0.2) is 0 Å². The van der Waals surface area contributed by atoms with Gasteiger partial charge in [0.2, 0.25) is 0 Å². The maximum absolute atomic E-state index is 8.80. The quantitative estimate of drug-likeness (QED) is 0.763. The Morgan fingerprint density at radius 1 is 1.50 bits per heavy atom. The van der Waals surface area contributed by atoms with Gasteiger partial charge in [-0.05, 0) is 56.7 Å². The van der Waals surface area contributed by atoms with E-state index in [1.807, 2.05) is 24.3 Å². The van der Waals surface area contributed by atoms with Crippen LogP contribution >= 0.6 is 38.5 Å². The van der Waals surface area contributed by atoms with Gasteiger partial charge in [-0.15, -0.1) is 0 Å². The average molecular weight is 389 g/mol. The Kier molecular flexibility index (Phi) is 3.16. The SMILES string of the molecule is N#Cc1cnn(-c2ccc(I)cc2Br)c1N. The fourth-order valence-corrected chi connectivity index (χ4v) is 2.75. The molecule has 1 heterocycles. The number of nitrogens with zero attached hydrogens (tertiary/aromatic N) is 3. The highest BCUT2D eigenvalue weighted by molar-refractivity contribution is 14.1. The highest BCUT2D eigenvalue weighted by atomic mass is 127.